The van der Waals surface area contributed by atoms with E-state index in [1.54, 1.807) is 0 Å². The Kier molecular flexibility index (Phi) is 13.2. The second kappa shape index (κ2) is 12.3. The molecule has 0 bridgehead atoms. The molecule has 1 heterocycles. The van der Waals surface area contributed by atoms with Crippen LogP contribution in [-0.4, -0.2) is 17.9 Å². The van der Waals surface area contributed by atoms with Crippen LogP contribution in [-0.2, 0) is 58.6 Å². The topological polar surface area (TPSA) is 67.4 Å². The van der Waals surface area contributed by atoms with Crippen molar-refractivity contribution in [2.24, 2.45) is 5.41 Å². The van der Waals surface area contributed by atoms with Crippen LogP contribution >= 0.6 is 0 Å². The third-order valence-corrected chi connectivity index (χ3v) is 4.57. The molecule has 2 N–H and O–H groups in total. The van der Waals surface area contributed by atoms with Crippen molar-refractivity contribution in [2.45, 2.75) is 52.2 Å². The second-order valence-corrected chi connectivity index (χ2v) is 6.89. The smallest absolute Gasteiger partial charge is 0.410 e. The van der Waals surface area contributed by atoms with E-state index in [-0.39, 0.29) is 78.1 Å². The first-order valence-corrected chi connectivity index (χ1v) is 8.11. The average Bonchev–Trinajstić information content (AvgIpc) is 2.50. The number of hydrogen-bond donors (Lipinski definition) is 2. The van der Waals surface area contributed by atoms with Gasteiger partial charge in [0.2, 0.25) is 0 Å². The Morgan fingerprint density at radius 2 is 2.07 bits per heavy atom. The summed E-state index contributed by atoms with van der Waals surface area (Å²) in [5.41, 5.74) is 0.701. The summed E-state index contributed by atoms with van der Waals surface area (Å²) in [7, 11) is 0. The Hall–Kier alpha value is -0.288. The molecule has 0 fully saturated rings. The molecule has 1 aromatic carbocycles. The summed E-state index contributed by atoms with van der Waals surface area (Å²) in [5.74, 6) is -0.580. The second-order valence-electron chi connectivity index (χ2n) is 6.89. The summed E-state index contributed by atoms with van der Waals surface area (Å²) in [5, 5.41) is 5.73. The van der Waals surface area contributed by atoms with Crippen molar-refractivity contribution in [3.8, 4) is 5.75 Å². The maximum atomic E-state index is 13.3. The minimum atomic E-state index is -0.685. The number of benzene rings is 1. The van der Waals surface area contributed by atoms with E-state index >= 15 is 0 Å². The standard InChI is InChI=1S/C18H24FN2O3.CH3.W.Y/c1-5-18(3,4)9-8-14(11(2)22)20-16-13-7-6-12(19)10-15(13)24-17(23)21-16;;;/h6-7,10,14,16,20H,2,5,8-9H2,1,3-4H3,(H,21,23);1H3;;/q2*-1;;/t14-,16?;;;/m0.../s1. The average molecular weight is 623 g/mol. The van der Waals surface area contributed by atoms with Crippen LogP contribution in [0.2, 0.25) is 0 Å². The van der Waals surface area contributed by atoms with Gasteiger partial charge in [0.1, 0.15) is 17.7 Å². The Morgan fingerprint density at radius 3 is 2.63 bits per heavy atom. The van der Waals surface area contributed by atoms with Crippen LogP contribution < -0.4 is 15.4 Å². The summed E-state index contributed by atoms with van der Waals surface area (Å²) in [6.45, 7) is 9.91. The number of ketones is 1. The molecule has 1 radical (unpaired) electrons. The molecule has 8 heteroatoms. The molecule has 1 unspecified atom stereocenters. The van der Waals surface area contributed by atoms with Gasteiger partial charge in [-0.15, -0.1) is 0 Å². The van der Waals surface area contributed by atoms with Crippen molar-refractivity contribution in [3.63, 3.8) is 0 Å². The van der Waals surface area contributed by atoms with E-state index in [1.165, 1.54) is 12.1 Å². The van der Waals surface area contributed by atoms with E-state index in [4.69, 9.17) is 4.74 Å². The van der Waals surface area contributed by atoms with Gasteiger partial charge in [-0.1, -0.05) is 27.2 Å². The normalized spacial score (nSPS) is 16.3. The number of carbonyl (C=O) groups excluding carboxylic acids is 2. The molecule has 1 aliphatic heterocycles. The van der Waals surface area contributed by atoms with Gasteiger partial charge >= 0.3 is 6.09 Å². The fraction of sp³-hybridized carbons (Fsp3) is 0.474. The molecular weight excluding hydrogens is 596 g/mol. The summed E-state index contributed by atoms with van der Waals surface area (Å²) in [6.07, 6.45) is 1.14. The quantitative estimate of drug-likeness (QED) is 0.452. The first-order valence-electron chi connectivity index (χ1n) is 8.11. The first kappa shape index (κ1) is 28.9. The van der Waals surface area contributed by atoms with Gasteiger partial charge in [0.25, 0.3) is 0 Å². The van der Waals surface area contributed by atoms with E-state index in [9.17, 15) is 14.0 Å². The maximum absolute atomic E-state index is 13.3. The van der Waals surface area contributed by atoms with E-state index < -0.39 is 24.1 Å². The van der Waals surface area contributed by atoms with E-state index in [1.807, 2.05) is 0 Å². The fourth-order valence-electron chi connectivity index (χ4n) is 2.54. The summed E-state index contributed by atoms with van der Waals surface area (Å²) in [4.78, 5) is 23.6. The first-order chi connectivity index (χ1) is 11.2. The number of amides is 1. The third-order valence-electron chi connectivity index (χ3n) is 4.57. The van der Waals surface area contributed by atoms with Crippen molar-refractivity contribution < 1.29 is 72.5 Å². The number of fused-ring (bicyclic) bond motifs is 1. The summed E-state index contributed by atoms with van der Waals surface area (Å²) < 4.78 is 18.3. The minimum Gasteiger partial charge on any atom is -0.410 e. The van der Waals surface area contributed by atoms with Crippen LogP contribution in [0, 0.1) is 25.6 Å². The number of nitrogens with one attached hydrogen (secondary N) is 2. The molecular formula is C19H27FN2O3WY-2. The fourth-order valence-corrected chi connectivity index (χ4v) is 2.54. The van der Waals surface area contributed by atoms with E-state index in [2.05, 4.69) is 38.3 Å². The Bertz CT molecular complexity index is 643. The van der Waals surface area contributed by atoms with Crippen molar-refractivity contribution >= 4 is 11.9 Å². The van der Waals surface area contributed by atoms with Gasteiger partial charge in [-0.3, -0.25) is 5.32 Å². The van der Waals surface area contributed by atoms with Crippen molar-refractivity contribution in [3.05, 3.63) is 43.9 Å². The molecule has 0 spiro atoms. The molecule has 2 rings (SSSR count). The zero-order chi connectivity index (χ0) is 17.9. The van der Waals surface area contributed by atoms with Crippen LogP contribution in [0.25, 0.3) is 0 Å². The van der Waals surface area contributed by atoms with Gasteiger partial charge in [0.15, 0.2) is 0 Å². The zero-order valence-electron chi connectivity index (χ0n) is 16.3. The molecule has 0 saturated heterocycles. The van der Waals surface area contributed by atoms with Gasteiger partial charge < -0.3 is 29.2 Å². The van der Waals surface area contributed by atoms with Gasteiger partial charge in [-0.25, -0.2) is 9.18 Å². The largest absolute Gasteiger partial charge is 0.414 e. The maximum Gasteiger partial charge on any atom is 0.414 e. The number of ether oxygens (including phenoxy) is 1. The molecule has 5 nitrogen and oxygen atoms in total. The third kappa shape index (κ3) is 8.31. The molecule has 0 aromatic heterocycles. The molecule has 27 heavy (non-hydrogen) atoms. The van der Waals surface area contributed by atoms with E-state index in [0.29, 0.717) is 12.0 Å². The number of Topliss-reactive ketones (excluding diaryl/α,β-unsaturated/α-hetero) is 1. The molecule has 0 aliphatic carbocycles. The van der Waals surface area contributed by atoms with E-state index in [0.717, 1.165) is 18.9 Å². The minimum absolute atomic E-state index is 0. The summed E-state index contributed by atoms with van der Waals surface area (Å²) in [6, 6.07) is 3.47. The SMILES string of the molecule is [CH2-]C(=O)[C@H](CCC(C)(C)CC)NC1NC(=O)Oc2cc(F)ccc21.[CH3-].[W].[Y]. The van der Waals surface area contributed by atoms with Crippen LogP contribution in [0.5, 0.6) is 5.75 Å². The van der Waals surface area contributed by atoms with Gasteiger partial charge in [-0.05, 0) is 30.4 Å². The molecule has 1 aromatic rings. The number of carbonyl (C=O) groups is 2. The molecule has 1 aliphatic rings. The molecule has 1 amide bonds. The van der Waals surface area contributed by atoms with Crippen molar-refractivity contribution in [2.75, 3.05) is 0 Å². The van der Waals surface area contributed by atoms with Crippen LogP contribution in [0.4, 0.5) is 9.18 Å². The van der Waals surface area contributed by atoms with Crippen molar-refractivity contribution in [1.82, 2.24) is 10.6 Å². The molecule has 2 atom stereocenters. The van der Waals surface area contributed by atoms with Gasteiger partial charge in [0, 0.05) is 77.2 Å². The van der Waals surface area contributed by atoms with Crippen molar-refractivity contribution in [1.29, 1.82) is 0 Å². The Balaban J connectivity index is 0. The Morgan fingerprint density at radius 1 is 1.44 bits per heavy atom. The predicted molar refractivity (Wildman–Crippen MR) is 95.3 cm³/mol. The van der Waals surface area contributed by atoms with Crippen LogP contribution in [0.15, 0.2) is 18.2 Å². The summed E-state index contributed by atoms with van der Waals surface area (Å²) >= 11 is 0. The van der Waals surface area contributed by atoms with Crippen LogP contribution in [0.3, 0.4) is 0 Å². The van der Waals surface area contributed by atoms with Gasteiger partial charge in [0.05, 0.1) is 0 Å². The Labute approximate surface area is 201 Å². The number of hydrogen-bond acceptors (Lipinski definition) is 4. The monoisotopic (exact) mass is 623 g/mol. The zero-order valence-corrected chi connectivity index (χ0v) is 22.1. The van der Waals surface area contributed by atoms with Crippen LogP contribution in [0.1, 0.15) is 51.8 Å². The number of halogens is 1. The van der Waals surface area contributed by atoms with Gasteiger partial charge in [-0.2, -0.15) is 0 Å². The molecule has 149 valence electrons. The number of rotatable bonds is 7. The predicted octanol–water partition coefficient (Wildman–Crippen LogP) is 3.95. The molecule has 0 saturated carbocycles.